The van der Waals surface area contributed by atoms with Crippen LogP contribution in [0.5, 0.6) is 0 Å². The molecule has 0 saturated carbocycles. The molecule has 0 bridgehead atoms. The largest absolute Gasteiger partial charge is 0.378 e. The Labute approximate surface area is 213 Å². The number of hydrogen-bond acceptors (Lipinski definition) is 6. The summed E-state index contributed by atoms with van der Waals surface area (Å²) in [6, 6.07) is 17.9. The van der Waals surface area contributed by atoms with Crippen molar-refractivity contribution in [2.75, 3.05) is 35.9 Å². The van der Waals surface area contributed by atoms with E-state index >= 15 is 0 Å². The van der Waals surface area contributed by atoms with E-state index in [0.717, 1.165) is 24.3 Å². The van der Waals surface area contributed by atoms with Crippen molar-refractivity contribution in [3.05, 3.63) is 87.9 Å². The van der Waals surface area contributed by atoms with Crippen molar-refractivity contribution in [2.45, 2.75) is 4.90 Å². The second-order valence-electron chi connectivity index (χ2n) is 7.65. The number of sulfonamides is 1. The molecule has 2 N–H and O–H groups in total. The minimum atomic E-state index is -4.05. The number of hydrogen-bond donors (Lipinski definition) is 2. The highest BCUT2D eigenvalue weighted by molar-refractivity contribution is 7.92. The van der Waals surface area contributed by atoms with E-state index in [1.807, 2.05) is 24.3 Å². The lowest BCUT2D eigenvalue weighted by Gasteiger charge is -2.28. The summed E-state index contributed by atoms with van der Waals surface area (Å²) in [4.78, 5) is 14.6. The van der Waals surface area contributed by atoms with Gasteiger partial charge in [-0.05, 0) is 60.2 Å². The SMILES string of the molecule is O=C(N/N=C\c1ccc(N2CCOCC2)cc1)c1ccc(Cl)c(S(=O)(=O)Nc2ccc(Cl)cc2)c1. The molecular weight excluding hydrogens is 511 g/mol. The third kappa shape index (κ3) is 6.52. The minimum Gasteiger partial charge on any atom is -0.378 e. The third-order valence-electron chi connectivity index (χ3n) is 5.23. The van der Waals surface area contributed by atoms with Crippen molar-refractivity contribution in [3.63, 3.8) is 0 Å². The average molecular weight is 533 g/mol. The highest BCUT2D eigenvalue weighted by Gasteiger charge is 2.20. The van der Waals surface area contributed by atoms with Crippen LogP contribution in [0.15, 0.2) is 76.7 Å². The third-order valence-corrected chi connectivity index (χ3v) is 7.34. The van der Waals surface area contributed by atoms with Gasteiger partial charge in [-0.15, -0.1) is 0 Å². The zero-order valence-electron chi connectivity index (χ0n) is 18.4. The molecule has 1 heterocycles. The fraction of sp³-hybridized carbons (Fsp3) is 0.167. The summed E-state index contributed by atoms with van der Waals surface area (Å²) in [5, 5.41) is 4.43. The molecule has 4 rings (SSSR count). The Morgan fingerprint density at radius 3 is 2.34 bits per heavy atom. The van der Waals surface area contributed by atoms with Crippen molar-refractivity contribution in [2.24, 2.45) is 5.10 Å². The lowest BCUT2D eigenvalue weighted by Crippen LogP contribution is -2.36. The molecule has 3 aromatic rings. The Kier molecular flexibility index (Phi) is 7.92. The second kappa shape index (κ2) is 11.1. The van der Waals surface area contributed by atoms with Crippen LogP contribution < -0.4 is 15.0 Å². The summed E-state index contributed by atoms with van der Waals surface area (Å²) in [5.41, 5.74) is 4.70. The Morgan fingerprint density at radius 1 is 0.971 bits per heavy atom. The zero-order valence-corrected chi connectivity index (χ0v) is 20.8. The summed E-state index contributed by atoms with van der Waals surface area (Å²) in [6.07, 6.45) is 1.51. The van der Waals surface area contributed by atoms with Crippen LogP contribution in [0.25, 0.3) is 0 Å². The van der Waals surface area contributed by atoms with Crippen molar-refractivity contribution in [1.82, 2.24) is 5.43 Å². The number of benzene rings is 3. The fourth-order valence-electron chi connectivity index (χ4n) is 3.40. The van der Waals surface area contributed by atoms with Gasteiger partial charge in [-0.3, -0.25) is 9.52 Å². The smallest absolute Gasteiger partial charge is 0.271 e. The molecule has 0 radical (unpaired) electrons. The number of nitrogens with one attached hydrogen (secondary N) is 2. The maximum Gasteiger partial charge on any atom is 0.271 e. The number of halogens is 2. The van der Waals surface area contributed by atoms with Crippen LogP contribution in [-0.2, 0) is 14.8 Å². The van der Waals surface area contributed by atoms with Crippen molar-refractivity contribution in [3.8, 4) is 0 Å². The first-order valence-electron chi connectivity index (χ1n) is 10.7. The van der Waals surface area contributed by atoms with Gasteiger partial charge in [0.1, 0.15) is 4.90 Å². The molecule has 1 amide bonds. The van der Waals surface area contributed by atoms with Gasteiger partial charge in [-0.2, -0.15) is 5.10 Å². The van der Waals surface area contributed by atoms with Crippen molar-refractivity contribution < 1.29 is 17.9 Å². The van der Waals surface area contributed by atoms with Gasteiger partial charge in [0, 0.05) is 35.1 Å². The van der Waals surface area contributed by atoms with Crippen LogP contribution in [0.3, 0.4) is 0 Å². The van der Waals surface area contributed by atoms with E-state index in [1.54, 1.807) is 12.1 Å². The molecule has 0 atom stereocenters. The lowest BCUT2D eigenvalue weighted by molar-refractivity contribution is 0.0955. The Bertz CT molecular complexity index is 1320. The molecule has 35 heavy (non-hydrogen) atoms. The first kappa shape index (κ1) is 25.0. The van der Waals surface area contributed by atoms with E-state index in [4.69, 9.17) is 27.9 Å². The van der Waals surface area contributed by atoms with Gasteiger partial charge in [0.25, 0.3) is 15.9 Å². The maximum absolute atomic E-state index is 12.8. The van der Waals surface area contributed by atoms with E-state index in [9.17, 15) is 13.2 Å². The Morgan fingerprint density at radius 2 is 1.66 bits per heavy atom. The predicted octanol–water partition coefficient (Wildman–Crippen LogP) is 4.39. The van der Waals surface area contributed by atoms with Crippen LogP contribution >= 0.6 is 23.2 Å². The summed E-state index contributed by atoms with van der Waals surface area (Å²) < 4.78 is 33.4. The van der Waals surface area contributed by atoms with Crippen LogP contribution in [0.4, 0.5) is 11.4 Å². The summed E-state index contributed by atoms with van der Waals surface area (Å²) in [7, 11) is -4.05. The van der Waals surface area contributed by atoms with Gasteiger partial charge in [0.2, 0.25) is 0 Å². The molecule has 1 saturated heterocycles. The standard InChI is InChI=1S/C24H22Cl2N4O4S/c25-19-4-6-20(7-5-19)29-35(32,33)23-15-18(3-10-22(23)26)24(31)28-27-16-17-1-8-21(9-2-17)30-11-13-34-14-12-30/h1-10,15-16,29H,11-14H2,(H,28,31)/b27-16-. The summed E-state index contributed by atoms with van der Waals surface area (Å²) in [6.45, 7) is 3.11. The van der Waals surface area contributed by atoms with Crippen LogP contribution in [0.2, 0.25) is 10.0 Å². The average Bonchev–Trinajstić information content (AvgIpc) is 2.86. The number of nitrogens with zero attached hydrogens (tertiary/aromatic N) is 2. The zero-order chi connectivity index (χ0) is 24.8. The number of anilines is 2. The van der Waals surface area contributed by atoms with Gasteiger partial charge in [0.15, 0.2) is 0 Å². The quantitative estimate of drug-likeness (QED) is 0.347. The first-order chi connectivity index (χ1) is 16.8. The number of hydrazone groups is 1. The normalized spacial score (nSPS) is 14.2. The van der Waals surface area contributed by atoms with E-state index in [0.29, 0.717) is 23.9 Å². The van der Waals surface area contributed by atoms with Crippen LogP contribution in [0, 0.1) is 0 Å². The number of amides is 1. The van der Waals surface area contributed by atoms with Crippen molar-refractivity contribution in [1.29, 1.82) is 0 Å². The number of carbonyl (C=O) groups is 1. The minimum absolute atomic E-state index is 0.0214. The van der Waals surface area contributed by atoms with Gasteiger partial charge in [-0.25, -0.2) is 13.8 Å². The molecule has 0 aromatic heterocycles. The van der Waals surface area contributed by atoms with Crippen molar-refractivity contribution >= 4 is 56.7 Å². The van der Waals surface area contributed by atoms with Gasteiger partial charge in [-0.1, -0.05) is 35.3 Å². The highest BCUT2D eigenvalue weighted by atomic mass is 35.5. The van der Waals surface area contributed by atoms with E-state index < -0.39 is 15.9 Å². The molecule has 182 valence electrons. The molecule has 3 aromatic carbocycles. The monoisotopic (exact) mass is 532 g/mol. The van der Waals surface area contributed by atoms with Gasteiger partial charge >= 0.3 is 0 Å². The molecule has 1 aliphatic rings. The molecule has 11 heteroatoms. The second-order valence-corrected chi connectivity index (χ2v) is 10.1. The molecule has 8 nitrogen and oxygen atoms in total. The fourth-order valence-corrected chi connectivity index (χ4v) is 5.11. The molecule has 0 aliphatic carbocycles. The van der Waals surface area contributed by atoms with E-state index in [2.05, 4.69) is 20.1 Å². The molecule has 0 spiro atoms. The lowest BCUT2D eigenvalue weighted by atomic mass is 10.2. The summed E-state index contributed by atoms with van der Waals surface area (Å²) in [5.74, 6) is -0.578. The maximum atomic E-state index is 12.8. The topological polar surface area (TPSA) is 100 Å². The van der Waals surface area contributed by atoms with Crippen LogP contribution in [0.1, 0.15) is 15.9 Å². The number of ether oxygens (including phenoxy) is 1. The van der Waals surface area contributed by atoms with E-state index in [-0.39, 0.29) is 15.5 Å². The molecule has 0 unspecified atom stereocenters. The van der Waals surface area contributed by atoms with E-state index in [1.165, 1.54) is 36.5 Å². The Hall–Kier alpha value is -3.11. The van der Waals surface area contributed by atoms with Gasteiger partial charge in [0.05, 0.1) is 24.5 Å². The predicted molar refractivity (Wildman–Crippen MR) is 138 cm³/mol. The molecule has 1 aliphatic heterocycles. The molecular formula is C24H22Cl2N4O4S. The van der Waals surface area contributed by atoms with Crippen LogP contribution in [-0.4, -0.2) is 46.8 Å². The molecule has 1 fully saturated rings. The Balaban J connectivity index is 1.42. The van der Waals surface area contributed by atoms with Gasteiger partial charge < -0.3 is 9.64 Å². The highest BCUT2D eigenvalue weighted by Crippen LogP contribution is 2.26. The number of carbonyl (C=O) groups excluding carboxylic acids is 1. The first-order valence-corrected chi connectivity index (χ1v) is 12.9. The summed E-state index contributed by atoms with van der Waals surface area (Å²) >= 11 is 12.0. The number of morpholine rings is 1. The number of rotatable bonds is 7.